The number of nitrogens with two attached hydrogens (primary N) is 2. The van der Waals surface area contributed by atoms with Crippen molar-refractivity contribution in [3.63, 3.8) is 0 Å². The van der Waals surface area contributed by atoms with Crippen molar-refractivity contribution >= 4 is 34.4 Å². The molecule has 0 amide bonds. The molecule has 1 aromatic carbocycles. The van der Waals surface area contributed by atoms with Crippen LogP contribution in [0.3, 0.4) is 0 Å². The number of nitrogens with zero attached hydrogens (tertiary/aromatic N) is 7. The molecule has 4 N–H and O–H groups in total. The summed E-state index contributed by atoms with van der Waals surface area (Å²) >= 11 is 0. The molecule has 17 heteroatoms. The van der Waals surface area contributed by atoms with Gasteiger partial charge in [0, 0.05) is 5.10 Å². The minimum atomic E-state index is -1.27. The first-order valence-corrected chi connectivity index (χ1v) is 5.82. The van der Waals surface area contributed by atoms with E-state index in [0.717, 1.165) is 0 Å². The number of hydrogen-bond acceptors (Lipinski definition) is 12. The van der Waals surface area contributed by atoms with Gasteiger partial charge >= 0.3 is 23.0 Å². The number of hydrogen-bond donors (Lipinski definition) is 2. The molecule has 1 heterocycles. The van der Waals surface area contributed by atoms with E-state index in [1.807, 2.05) is 0 Å². The van der Waals surface area contributed by atoms with Gasteiger partial charge in [0.25, 0.3) is 0 Å². The van der Waals surface area contributed by atoms with Gasteiger partial charge in [-0.05, 0) is 4.92 Å². The molecule has 17 nitrogen and oxygen atoms in total. The average Bonchev–Trinajstić information content (AvgIpc) is 2.94. The van der Waals surface area contributed by atoms with Crippen molar-refractivity contribution in [1.82, 2.24) is 14.8 Å². The van der Waals surface area contributed by atoms with E-state index < -0.39 is 59.8 Å². The Kier molecular flexibility index (Phi) is 3.82. The van der Waals surface area contributed by atoms with Crippen LogP contribution in [0.5, 0.6) is 0 Å². The molecular weight excluding hydrogens is 350 g/mol. The molecule has 0 atom stereocenters. The van der Waals surface area contributed by atoms with Gasteiger partial charge in [-0.25, -0.2) is 0 Å². The third kappa shape index (κ3) is 2.56. The number of nitro groups is 4. The van der Waals surface area contributed by atoms with Crippen molar-refractivity contribution in [2.75, 3.05) is 11.5 Å². The van der Waals surface area contributed by atoms with E-state index >= 15 is 0 Å². The summed E-state index contributed by atoms with van der Waals surface area (Å²) in [6.07, 6.45) is 0.568. The molecule has 0 bridgehead atoms. The van der Waals surface area contributed by atoms with Gasteiger partial charge in [0.2, 0.25) is 12.0 Å². The fourth-order valence-electron chi connectivity index (χ4n) is 1.97. The fraction of sp³-hybridized carbons (Fsp3) is 0. The predicted molar refractivity (Wildman–Crippen MR) is 76.8 cm³/mol. The zero-order chi connectivity index (χ0) is 19.0. The summed E-state index contributed by atoms with van der Waals surface area (Å²) in [4.78, 5) is 42.6. The van der Waals surface area contributed by atoms with E-state index in [2.05, 4.69) is 10.1 Å². The molecule has 0 aliphatic rings. The number of benzene rings is 1. The average molecular weight is 355 g/mol. The lowest BCUT2D eigenvalue weighted by Gasteiger charge is -2.07. The minimum Gasteiger partial charge on any atom is -0.390 e. The summed E-state index contributed by atoms with van der Waals surface area (Å²) < 4.78 is 0.324. The summed E-state index contributed by atoms with van der Waals surface area (Å²) in [5.74, 6) is -1.03. The van der Waals surface area contributed by atoms with Crippen molar-refractivity contribution in [1.29, 1.82) is 0 Å². The van der Waals surface area contributed by atoms with Crippen molar-refractivity contribution in [3.05, 3.63) is 46.8 Å². The van der Waals surface area contributed by atoms with Crippen molar-refractivity contribution in [3.8, 4) is 5.69 Å². The first-order chi connectivity index (χ1) is 11.6. The van der Waals surface area contributed by atoms with Gasteiger partial charge in [0.15, 0.2) is 11.4 Å². The number of aromatic nitrogens is 3. The molecule has 0 aliphatic carbocycles. The molecule has 1 aromatic heterocycles. The van der Waals surface area contributed by atoms with E-state index in [0.29, 0.717) is 11.0 Å². The van der Waals surface area contributed by atoms with Gasteiger partial charge in [-0.3, -0.25) is 30.3 Å². The monoisotopic (exact) mass is 355 g/mol. The summed E-state index contributed by atoms with van der Waals surface area (Å²) in [6, 6.07) is 0. The highest BCUT2D eigenvalue weighted by atomic mass is 16.6. The molecule has 0 saturated carbocycles. The summed E-state index contributed by atoms with van der Waals surface area (Å²) in [5.41, 5.74) is 3.82. The maximum Gasteiger partial charge on any atom is 0.491 e. The summed E-state index contributed by atoms with van der Waals surface area (Å²) in [7, 11) is 0. The van der Waals surface area contributed by atoms with Crippen molar-refractivity contribution < 1.29 is 19.7 Å². The molecule has 0 saturated heterocycles. The largest absolute Gasteiger partial charge is 0.491 e. The van der Waals surface area contributed by atoms with E-state index in [4.69, 9.17) is 11.5 Å². The fourth-order valence-corrected chi connectivity index (χ4v) is 1.97. The molecule has 2 aromatic rings. The molecule has 0 fully saturated rings. The second-order valence-electron chi connectivity index (χ2n) is 4.24. The van der Waals surface area contributed by atoms with Gasteiger partial charge in [0.05, 0.1) is 14.8 Å². The van der Waals surface area contributed by atoms with Crippen LogP contribution in [0.25, 0.3) is 5.69 Å². The van der Waals surface area contributed by atoms with Gasteiger partial charge in [-0.15, -0.1) is 4.68 Å². The molecule has 2 rings (SSSR count). The van der Waals surface area contributed by atoms with Crippen LogP contribution < -0.4 is 11.5 Å². The van der Waals surface area contributed by atoms with Crippen LogP contribution in [0, 0.1) is 40.5 Å². The van der Waals surface area contributed by atoms with Crippen LogP contribution >= 0.6 is 0 Å². The van der Waals surface area contributed by atoms with Crippen LogP contribution in [0.4, 0.5) is 34.4 Å². The van der Waals surface area contributed by atoms with Crippen LogP contribution in [0.15, 0.2) is 6.33 Å². The first kappa shape index (κ1) is 16.9. The van der Waals surface area contributed by atoms with Gasteiger partial charge in [-0.2, -0.15) is 0 Å². The van der Waals surface area contributed by atoms with Gasteiger partial charge in [0.1, 0.15) is 0 Å². The van der Waals surface area contributed by atoms with Gasteiger partial charge < -0.3 is 21.6 Å². The van der Waals surface area contributed by atoms with Crippen LogP contribution in [-0.4, -0.2) is 34.5 Å². The molecule has 0 spiro atoms. The number of nitrogen functional groups attached to an aromatic ring is 2. The predicted octanol–water partition coefficient (Wildman–Crippen LogP) is 0.0645. The summed E-state index contributed by atoms with van der Waals surface area (Å²) in [5, 5.41) is 47.4. The highest BCUT2D eigenvalue weighted by Crippen LogP contribution is 2.48. The third-order valence-electron chi connectivity index (χ3n) is 2.89. The quantitative estimate of drug-likeness (QED) is 0.410. The highest BCUT2D eigenvalue weighted by molar-refractivity contribution is 5.94. The Hall–Kier alpha value is -4.44. The second-order valence-corrected chi connectivity index (χ2v) is 4.24. The van der Waals surface area contributed by atoms with E-state index in [-0.39, 0.29) is 0 Å². The maximum absolute atomic E-state index is 11.3. The number of anilines is 2. The molecule has 0 unspecified atom stereocenters. The van der Waals surface area contributed by atoms with Crippen LogP contribution in [0.1, 0.15) is 0 Å². The lowest BCUT2D eigenvalue weighted by atomic mass is 10.1. The molecule has 0 radical (unpaired) electrons. The SMILES string of the molecule is Nc1c([N+](=O)[O-])c(N)c([N+](=O)[O-])c(-n2cnc([N+](=O)[O-])n2)c1[N+](=O)[O-]. The molecule has 130 valence electrons. The van der Waals surface area contributed by atoms with E-state index in [1.165, 1.54) is 0 Å². The molecule has 0 aliphatic heterocycles. The zero-order valence-electron chi connectivity index (χ0n) is 11.6. The zero-order valence-corrected chi connectivity index (χ0v) is 11.6. The van der Waals surface area contributed by atoms with Crippen LogP contribution in [0.2, 0.25) is 0 Å². The lowest BCUT2D eigenvalue weighted by molar-refractivity contribution is -0.400. The number of nitro benzene ring substituents is 3. The standard InChI is InChI=1S/C8H5N9O8/c9-2-4(14(18)19)3(10)6(16(22)23)7(5(2)15(20)21)13-1-11-8(12-13)17(24)25/h1H,9-10H2. The molecule has 25 heavy (non-hydrogen) atoms. The minimum absolute atomic E-state index is 0.324. The number of rotatable bonds is 5. The lowest BCUT2D eigenvalue weighted by Crippen LogP contribution is -2.13. The maximum atomic E-state index is 11.3. The Labute approximate surface area is 134 Å². The van der Waals surface area contributed by atoms with Crippen LogP contribution in [-0.2, 0) is 0 Å². The Bertz CT molecular complexity index is 908. The molecular formula is C8H5N9O8. The van der Waals surface area contributed by atoms with E-state index in [1.54, 1.807) is 0 Å². The van der Waals surface area contributed by atoms with Crippen molar-refractivity contribution in [2.24, 2.45) is 0 Å². The second kappa shape index (κ2) is 5.64. The Balaban J connectivity index is 3.03. The van der Waals surface area contributed by atoms with Crippen molar-refractivity contribution in [2.45, 2.75) is 0 Å². The Morgan fingerprint density at radius 1 is 0.800 bits per heavy atom. The highest BCUT2D eigenvalue weighted by Gasteiger charge is 2.42. The smallest absolute Gasteiger partial charge is 0.390 e. The summed E-state index contributed by atoms with van der Waals surface area (Å²) in [6.45, 7) is 0. The van der Waals surface area contributed by atoms with E-state index in [9.17, 15) is 40.5 Å². The van der Waals surface area contributed by atoms with Gasteiger partial charge in [-0.1, -0.05) is 4.98 Å². The third-order valence-corrected chi connectivity index (χ3v) is 2.89. The topological polar surface area (TPSA) is 255 Å². The Morgan fingerprint density at radius 3 is 1.56 bits per heavy atom. The normalized spacial score (nSPS) is 10.4. The Morgan fingerprint density at radius 2 is 1.24 bits per heavy atom. The first-order valence-electron chi connectivity index (χ1n) is 5.82.